The van der Waals surface area contributed by atoms with Crippen molar-refractivity contribution in [3.05, 3.63) is 40.7 Å². The highest BCUT2D eigenvalue weighted by atomic mass is 35.5. The summed E-state index contributed by atoms with van der Waals surface area (Å²) >= 11 is 5.77. The Morgan fingerprint density at radius 3 is 2.61 bits per heavy atom. The van der Waals surface area contributed by atoms with Crippen LogP contribution < -0.4 is 27.3 Å². The van der Waals surface area contributed by atoms with Crippen LogP contribution in [-0.4, -0.2) is 46.7 Å². The number of anilines is 2. The number of aryl methyl sites for hydroxylation is 1. The number of nitrogens with two attached hydrogens (primary N) is 3. The van der Waals surface area contributed by atoms with Crippen LogP contribution in [-0.2, 0) is 6.42 Å². The minimum absolute atomic E-state index is 0.0437. The number of aliphatic hydroxyl groups is 1. The van der Waals surface area contributed by atoms with Crippen LogP contribution in [0.4, 0.5) is 11.6 Å². The van der Waals surface area contributed by atoms with Crippen molar-refractivity contribution >= 4 is 35.1 Å². The number of aromatic nitrogens is 2. The molecular weight excluding hydrogens is 422 g/mol. The zero-order chi connectivity index (χ0) is 22.8. The van der Waals surface area contributed by atoms with Gasteiger partial charge in [0.25, 0.3) is 5.91 Å². The molecule has 2 aromatic rings. The molecule has 8 N–H and O–H groups in total. The van der Waals surface area contributed by atoms with E-state index < -0.39 is 5.91 Å². The van der Waals surface area contributed by atoms with E-state index in [-0.39, 0.29) is 41.0 Å². The lowest BCUT2D eigenvalue weighted by Crippen LogP contribution is -2.38. The third kappa shape index (κ3) is 7.91. The van der Waals surface area contributed by atoms with Gasteiger partial charge in [-0.1, -0.05) is 30.7 Å². The van der Waals surface area contributed by atoms with Gasteiger partial charge in [-0.2, -0.15) is 0 Å². The molecule has 1 heterocycles. The number of ether oxygens (including phenoxy) is 1. The smallest absolute Gasteiger partial charge is 0.280 e. The minimum atomic E-state index is -0.663. The number of rotatable bonds is 10. The Hall–Kier alpha value is -3.11. The number of hydrogen-bond donors (Lipinski definition) is 5. The fourth-order valence-corrected chi connectivity index (χ4v) is 2.63. The van der Waals surface area contributed by atoms with E-state index in [9.17, 15) is 4.79 Å². The first-order valence-corrected chi connectivity index (χ1v) is 10.2. The summed E-state index contributed by atoms with van der Waals surface area (Å²) in [5.74, 6) is -0.0270. The van der Waals surface area contributed by atoms with E-state index >= 15 is 0 Å². The lowest BCUT2D eigenvalue weighted by Gasteiger charge is -2.10. The topological polar surface area (TPSA) is 175 Å². The van der Waals surface area contributed by atoms with E-state index in [0.29, 0.717) is 13.2 Å². The molecule has 11 heteroatoms. The highest BCUT2D eigenvalue weighted by Crippen LogP contribution is 2.17. The summed E-state index contributed by atoms with van der Waals surface area (Å²) in [5.41, 5.74) is 17.9. The van der Waals surface area contributed by atoms with Crippen molar-refractivity contribution < 1.29 is 14.6 Å². The van der Waals surface area contributed by atoms with Gasteiger partial charge in [0, 0.05) is 19.1 Å². The van der Waals surface area contributed by atoms with Gasteiger partial charge in [-0.05, 0) is 37.0 Å². The summed E-state index contributed by atoms with van der Waals surface area (Å²) in [4.78, 5) is 23.8. The maximum atomic E-state index is 12.2. The molecule has 1 atom stereocenters. The van der Waals surface area contributed by atoms with Crippen molar-refractivity contribution in [3.8, 4) is 5.75 Å². The molecule has 2 rings (SSSR count). The predicted molar refractivity (Wildman–Crippen MR) is 121 cm³/mol. The van der Waals surface area contributed by atoms with Crippen molar-refractivity contribution in [3.63, 3.8) is 0 Å². The maximum absolute atomic E-state index is 12.2. The summed E-state index contributed by atoms with van der Waals surface area (Å²) in [6, 6.07) is 7.87. The highest BCUT2D eigenvalue weighted by molar-refractivity contribution is 6.31. The molecule has 1 amide bonds. The fourth-order valence-electron chi connectivity index (χ4n) is 2.51. The average molecular weight is 450 g/mol. The van der Waals surface area contributed by atoms with Crippen molar-refractivity contribution in [2.45, 2.75) is 26.2 Å². The first-order chi connectivity index (χ1) is 14.8. The molecule has 0 saturated heterocycles. The van der Waals surface area contributed by atoms with E-state index in [0.717, 1.165) is 25.0 Å². The fraction of sp³-hybridized carbons (Fsp3) is 0.400. The third-order valence-electron chi connectivity index (χ3n) is 4.29. The zero-order valence-electron chi connectivity index (χ0n) is 17.3. The number of halogens is 1. The van der Waals surface area contributed by atoms with Gasteiger partial charge in [-0.25, -0.2) is 9.97 Å². The molecule has 0 aliphatic heterocycles. The number of guanidine groups is 1. The van der Waals surface area contributed by atoms with E-state index in [1.165, 1.54) is 5.56 Å². The molecule has 0 saturated carbocycles. The van der Waals surface area contributed by atoms with Crippen LogP contribution in [0.5, 0.6) is 5.75 Å². The van der Waals surface area contributed by atoms with Crippen LogP contribution in [0.15, 0.2) is 29.3 Å². The van der Waals surface area contributed by atoms with Gasteiger partial charge in [-0.15, -0.1) is 0 Å². The number of aliphatic hydroxyl groups excluding tert-OH is 1. The molecule has 1 unspecified atom stereocenters. The molecule has 10 nitrogen and oxygen atoms in total. The lowest BCUT2D eigenvalue weighted by atomic mass is 10.1. The van der Waals surface area contributed by atoms with Gasteiger partial charge in [0.2, 0.25) is 0 Å². The molecule has 1 aromatic heterocycles. The number of amides is 1. The van der Waals surface area contributed by atoms with Gasteiger partial charge in [0.1, 0.15) is 5.75 Å². The van der Waals surface area contributed by atoms with Crippen molar-refractivity contribution in [1.82, 2.24) is 15.3 Å². The average Bonchev–Trinajstić information content (AvgIpc) is 2.75. The quantitative estimate of drug-likeness (QED) is 0.205. The predicted octanol–water partition coefficient (Wildman–Crippen LogP) is 1.37. The minimum Gasteiger partial charge on any atom is -0.493 e. The number of carbonyl (C=O) groups is 1. The van der Waals surface area contributed by atoms with Crippen molar-refractivity contribution in [1.29, 1.82) is 0 Å². The largest absolute Gasteiger partial charge is 0.493 e. The number of nitrogens with one attached hydrogen (secondary N) is 1. The summed E-state index contributed by atoms with van der Waals surface area (Å²) in [6.45, 7) is 2.96. The Kier molecular flexibility index (Phi) is 9.29. The van der Waals surface area contributed by atoms with Crippen LogP contribution in [0, 0.1) is 5.92 Å². The number of carbonyl (C=O) groups excluding carboxylic acids is 1. The molecule has 1 aromatic carbocycles. The number of nitrogens with zero attached hydrogens (tertiary/aromatic N) is 3. The van der Waals surface area contributed by atoms with Crippen molar-refractivity contribution in [2.24, 2.45) is 16.6 Å². The monoisotopic (exact) mass is 449 g/mol. The standard InChI is InChI=1S/C20H28ClN7O3/c1-12(10-29)11-31-14-7-5-13(6-8-14)4-2-3-9-25-20(24)28-19(30)15-17(22)27-18(23)16(21)26-15/h5-8,12,29H,2-4,9-11H2,1H3,(H4,22,23,27)(H3,24,25,28,30). The van der Waals surface area contributed by atoms with Gasteiger partial charge in [0.05, 0.1) is 6.61 Å². The number of aliphatic imine (C=N–C) groups is 1. The normalized spacial score (nSPS) is 12.4. The first kappa shape index (κ1) is 24.2. The van der Waals surface area contributed by atoms with E-state index in [4.69, 9.17) is 38.6 Å². The highest BCUT2D eigenvalue weighted by Gasteiger charge is 2.16. The van der Waals surface area contributed by atoms with Gasteiger partial charge < -0.3 is 27.0 Å². The van der Waals surface area contributed by atoms with Gasteiger partial charge in [-0.3, -0.25) is 15.1 Å². The second-order valence-corrected chi connectivity index (χ2v) is 7.41. The molecule has 0 bridgehead atoms. The molecule has 0 aliphatic rings. The Balaban J connectivity index is 1.73. The Bertz CT molecular complexity index is 906. The molecule has 0 fully saturated rings. The van der Waals surface area contributed by atoms with Gasteiger partial charge >= 0.3 is 0 Å². The summed E-state index contributed by atoms with van der Waals surface area (Å²) in [6.07, 6.45) is 2.57. The molecule has 168 valence electrons. The second-order valence-electron chi connectivity index (χ2n) is 7.05. The summed E-state index contributed by atoms with van der Waals surface area (Å²) in [7, 11) is 0. The number of hydrogen-bond acceptors (Lipinski definition) is 8. The lowest BCUT2D eigenvalue weighted by molar-refractivity contribution is 0.0972. The first-order valence-electron chi connectivity index (χ1n) is 9.82. The maximum Gasteiger partial charge on any atom is 0.280 e. The molecule has 0 aliphatic carbocycles. The number of unbranched alkanes of at least 4 members (excludes halogenated alkanes) is 1. The molecular formula is C20H28ClN7O3. The Morgan fingerprint density at radius 2 is 1.94 bits per heavy atom. The number of benzene rings is 1. The Morgan fingerprint density at radius 1 is 1.23 bits per heavy atom. The zero-order valence-corrected chi connectivity index (χ0v) is 18.1. The second kappa shape index (κ2) is 11.9. The van der Waals surface area contributed by atoms with Crippen LogP contribution in [0.25, 0.3) is 0 Å². The van der Waals surface area contributed by atoms with Crippen LogP contribution in [0.1, 0.15) is 35.8 Å². The SMILES string of the molecule is CC(CO)COc1ccc(CCCCN=C(N)NC(=O)c2nc(Cl)c(N)nc2N)cc1. The summed E-state index contributed by atoms with van der Waals surface area (Å²) < 4.78 is 5.61. The van der Waals surface area contributed by atoms with E-state index in [1.807, 2.05) is 31.2 Å². The van der Waals surface area contributed by atoms with Gasteiger partial charge in [0.15, 0.2) is 28.4 Å². The number of nitrogen functional groups attached to an aromatic ring is 2. The van der Waals surface area contributed by atoms with E-state index in [2.05, 4.69) is 20.3 Å². The van der Waals surface area contributed by atoms with Crippen molar-refractivity contribution in [2.75, 3.05) is 31.2 Å². The Labute approximate surface area is 185 Å². The third-order valence-corrected chi connectivity index (χ3v) is 4.56. The molecule has 31 heavy (non-hydrogen) atoms. The van der Waals surface area contributed by atoms with Crippen LogP contribution in [0.2, 0.25) is 5.15 Å². The summed E-state index contributed by atoms with van der Waals surface area (Å²) in [5, 5.41) is 11.3. The van der Waals surface area contributed by atoms with Crippen LogP contribution in [0.3, 0.4) is 0 Å². The van der Waals surface area contributed by atoms with E-state index in [1.54, 1.807) is 0 Å². The van der Waals surface area contributed by atoms with Crippen LogP contribution >= 0.6 is 11.6 Å². The molecule has 0 radical (unpaired) electrons. The molecule has 0 spiro atoms.